The topological polar surface area (TPSA) is 75.6 Å². The van der Waals surface area contributed by atoms with Crippen molar-refractivity contribution in [3.05, 3.63) is 72.6 Å². The first-order chi connectivity index (χ1) is 12.2. The molecule has 0 aliphatic carbocycles. The molecule has 4 rings (SSSR count). The van der Waals surface area contributed by atoms with Crippen molar-refractivity contribution in [1.82, 2.24) is 19.5 Å². The van der Waals surface area contributed by atoms with Crippen LogP contribution in [0.25, 0.3) is 16.7 Å². The molecule has 0 fully saturated rings. The van der Waals surface area contributed by atoms with E-state index in [9.17, 15) is 4.79 Å². The van der Waals surface area contributed by atoms with Crippen LogP contribution in [0.1, 0.15) is 11.4 Å². The number of pyridine rings is 1. The molecular weight excluding hydrogens is 314 g/mol. The van der Waals surface area contributed by atoms with Crippen LogP contribution in [0.15, 0.2) is 61.2 Å². The number of benzene rings is 1. The standard InChI is InChI=1S/C19H17N5O/c1-13-20-9-10-24(13)19-17(7-4-8-21-19)23-18(25)11-14-12-22-16-6-3-2-5-15(14)16/h2-10,12,22H,11H2,1H3,(H,23,25). The van der Waals surface area contributed by atoms with E-state index < -0.39 is 0 Å². The molecule has 2 N–H and O–H groups in total. The quantitative estimate of drug-likeness (QED) is 0.603. The highest BCUT2D eigenvalue weighted by Gasteiger charge is 2.13. The summed E-state index contributed by atoms with van der Waals surface area (Å²) in [4.78, 5) is 24.3. The summed E-state index contributed by atoms with van der Waals surface area (Å²) in [6.45, 7) is 1.90. The number of amides is 1. The van der Waals surface area contributed by atoms with E-state index in [4.69, 9.17) is 0 Å². The molecule has 4 aromatic rings. The number of aromatic nitrogens is 4. The van der Waals surface area contributed by atoms with Crippen molar-refractivity contribution < 1.29 is 4.79 Å². The SMILES string of the molecule is Cc1nccn1-c1ncccc1NC(=O)Cc1c[nH]c2ccccc12. The highest BCUT2D eigenvalue weighted by molar-refractivity contribution is 5.96. The van der Waals surface area contributed by atoms with E-state index in [1.54, 1.807) is 18.5 Å². The van der Waals surface area contributed by atoms with Crippen molar-refractivity contribution >= 4 is 22.5 Å². The Hall–Kier alpha value is -3.41. The van der Waals surface area contributed by atoms with Crippen molar-refractivity contribution in [3.63, 3.8) is 0 Å². The second kappa shape index (κ2) is 6.24. The molecule has 0 aliphatic heterocycles. The van der Waals surface area contributed by atoms with E-state index in [0.29, 0.717) is 17.9 Å². The fourth-order valence-corrected chi connectivity index (χ4v) is 2.93. The van der Waals surface area contributed by atoms with Crippen LogP contribution in [0, 0.1) is 6.92 Å². The molecule has 1 aromatic carbocycles. The Morgan fingerprint density at radius 3 is 2.88 bits per heavy atom. The third-order valence-electron chi connectivity index (χ3n) is 4.14. The van der Waals surface area contributed by atoms with Crippen LogP contribution in [-0.4, -0.2) is 25.4 Å². The predicted octanol–water partition coefficient (Wildman–Crippen LogP) is 3.24. The lowest BCUT2D eigenvalue weighted by molar-refractivity contribution is -0.115. The van der Waals surface area contributed by atoms with Crippen LogP contribution in [0.3, 0.4) is 0 Å². The zero-order chi connectivity index (χ0) is 17.2. The van der Waals surface area contributed by atoms with Gasteiger partial charge in [0.1, 0.15) is 5.82 Å². The van der Waals surface area contributed by atoms with Crippen LogP contribution in [0.2, 0.25) is 0 Å². The number of H-pyrrole nitrogens is 1. The van der Waals surface area contributed by atoms with Crippen LogP contribution < -0.4 is 5.32 Å². The number of para-hydroxylation sites is 1. The van der Waals surface area contributed by atoms with Gasteiger partial charge in [0.15, 0.2) is 5.82 Å². The number of rotatable bonds is 4. The van der Waals surface area contributed by atoms with E-state index in [0.717, 1.165) is 22.3 Å². The monoisotopic (exact) mass is 331 g/mol. The number of carbonyl (C=O) groups excluding carboxylic acids is 1. The Bertz CT molecular complexity index is 1050. The van der Waals surface area contributed by atoms with Gasteiger partial charge in [-0.2, -0.15) is 0 Å². The average Bonchev–Trinajstić information content (AvgIpc) is 3.22. The Morgan fingerprint density at radius 2 is 2.04 bits per heavy atom. The lowest BCUT2D eigenvalue weighted by atomic mass is 10.1. The van der Waals surface area contributed by atoms with E-state index in [2.05, 4.69) is 20.3 Å². The van der Waals surface area contributed by atoms with Crippen LogP contribution >= 0.6 is 0 Å². The number of aryl methyl sites for hydroxylation is 1. The first-order valence-electron chi connectivity index (χ1n) is 8.02. The fraction of sp³-hybridized carbons (Fsp3) is 0.105. The smallest absolute Gasteiger partial charge is 0.228 e. The van der Waals surface area contributed by atoms with E-state index in [1.807, 2.05) is 54.2 Å². The van der Waals surface area contributed by atoms with Gasteiger partial charge in [0.25, 0.3) is 0 Å². The van der Waals surface area contributed by atoms with Crippen LogP contribution in [-0.2, 0) is 11.2 Å². The Morgan fingerprint density at radius 1 is 1.16 bits per heavy atom. The van der Waals surface area contributed by atoms with Gasteiger partial charge >= 0.3 is 0 Å². The average molecular weight is 331 g/mol. The minimum atomic E-state index is -0.0863. The molecule has 3 aromatic heterocycles. The molecule has 0 aliphatic rings. The summed E-state index contributed by atoms with van der Waals surface area (Å²) in [5.41, 5.74) is 2.66. The predicted molar refractivity (Wildman–Crippen MR) is 96.7 cm³/mol. The molecule has 0 spiro atoms. The Labute approximate surface area is 144 Å². The fourth-order valence-electron chi connectivity index (χ4n) is 2.93. The van der Waals surface area contributed by atoms with Gasteiger partial charge in [-0.15, -0.1) is 0 Å². The summed E-state index contributed by atoms with van der Waals surface area (Å²) in [7, 11) is 0. The third kappa shape index (κ3) is 2.89. The third-order valence-corrected chi connectivity index (χ3v) is 4.14. The summed E-state index contributed by atoms with van der Waals surface area (Å²) >= 11 is 0. The van der Waals surface area contributed by atoms with Crippen molar-refractivity contribution in [1.29, 1.82) is 0 Å². The largest absolute Gasteiger partial charge is 0.361 e. The number of anilines is 1. The van der Waals surface area contributed by atoms with Gasteiger partial charge in [-0.05, 0) is 30.7 Å². The first kappa shape index (κ1) is 15.1. The number of hydrogen-bond donors (Lipinski definition) is 2. The zero-order valence-electron chi connectivity index (χ0n) is 13.7. The summed E-state index contributed by atoms with van der Waals surface area (Å²) in [5, 5.41) is 4.03. The molecule has 0 atom stereocenters. The molecule has 1 amide bonds. The molecule has 0 saturated carbocycles. The normalized spacial score (nSPS) is 10.9. The van der Waals surface area contributed by atoms with Gasteiger partial charge < -0.3 is 10.3 Å². The van der Waals surface area contributed by atoms with Crippen molar-refractivity contribution in [2.45, 2.75) is 13.3 Å². The van der Waals surface area contributed by atoms with Crippen LogP contribution in [0.5, 0.6) is 0 Å². The van der Waals surface area contributed by atoms with E-state index in [1.165, 1.54) is 0 Å². The first-order valence-corrected chi connectivity index (χ1v) is 8.02. The van der Waals surface area contributed by atoms with Gasteiger partial charge in [0.05, 0.1) is 12.1 Å². The number of fused-ring (bicyclic) bond motifs is 1. The lowest BCUT2D eigenvalue weighted by Gasteiger charge is -2.11. The Balaban J connectivity index is 1.59. The van der Waals surface area contributed by atoms with Gasteiger partial charge in [0, 0.05) is 35.7 Å². The number of nitrogens with zero attached hydrogens (tertiary/aromatic N) is 3. The zero-order valence-corrected chi connectivity index (χ0v) is 13.7. The second-order valence-corrected chi connectivity index (χ2v) is 5.80. The number of nitrogens with one attached hydrogen (secondary N) is 2. The minimum Gasteiger partial charge on any atom is -0.361 e. The number of hydrogen-bond acceptors (Lipinski definition) is 3. The highest BCUT2D eigenvalue weighted by atomic mass is 16.1. The summed E-state index contributed by atoms with van der Waals surface area (Å²) in [6, 6.07) is 11.6. The maximum atomic E-state index is 12.6. The van der Waals surface area contributed by atoms with Gasteiger partial charge in [-0.3, -0.25) is 9.36 Å². The number of aromatic amines is 1. The molecule has 25 heavy (non-hydrogen) atoms. The van der Waals surface area contributed by atoms with Crippen molar-refractivity contribution in [2.75, 3.05) is 5.32 Å². The summed E-state index contributed by atoms with van der Waals surface area (Å²) in [5.74, 6) is 1.38. The van der Waals surface area contributed by atoms with Crippen LogP contribution in [0.4, 0.5) is 5.69 Å². The maximum absolute atomic E-state index is 12.6. The van der Waals surface area contributed by atoms with Crippen molar-refractivity contribution in [2.24, 2.45) is 0 Å². The lowest BCUT2D eigenvalue weighted by Crippen LogP contribution is -2.16. The molecular formula is C19H17N5O. The van der Waals surface area contributed by atoms with Gasteiger partial charge in [-0.25, -0.2) is 9.97 Å². The summed E-state index contributed by atoms with van der Waals surface area (Å²) in [6.07, 6.45) is 7.41. The molecule has 0 bridgehead atoms. The van der Waals surface area contributed by atoms with Gasteiger partial charge in [0.2, 0.25) is 5.91 Å². The Kier molecular flexibility index (Phi) is 3.78. The molecule has 6 heteroatoms. The molecule has 3 heterocycles. The second-order valence-electron chi connectivity index (χ2n) is 5.80. The molecule has 0 saturated heterocycles. The molecule has 0 unspecified atom stereocenters. The maximum Gasteiger partial charge on any atom is 0.228 e. The van der Waals surface area contributed by atoms with Crippen molar-refractivity contribution in [3.8, 4) is 5.82 Å². The minimum absolute atomic E-state index is 0.0863. The number of carbonyl (C=O) groups is 1. The van der Waals surface area contributed by atoms with E-state index >= 15 is 0 Å². The molecule has 0 radical (unpaired) electrons. The highest BCUT2D eigenvalue weighted by Crippen LogP contribution is 2.21. The number of imidazole rings is 1. The van der Waals surface area contributed by atoms with Gasteiger partial charge in [-0.1, -0.05) is 18.2 Å². The summed E-state index contributed by atoms with van der Waals surface area (Å²) < 4.78 is 1.85. The van der Waals surface area contributed by atoms with E-state index in [-0.39, 0.29) is 5.91 Å². The molecule has 6 nitrogen and oxygen atoms in total. The molecule has 124 valence electrons.